The maximum atomic E-state index is 10.6. The minimum atomic E-state index is 0.0809. The number of pyridine rings is 1. The van der Waals surface area contributed by atoms with Crippen molar-refractivity contribution in [1.82, 2.24) is 4.98 Å². The van der Waals surface area contributed by atoms with Crippen LogP contribution < -0.4 is 0 Å². The second-order valence-electron chi connectivity index (χ2n) is 3.86. The Bertz CT molecular complexity index is 298. The van der Waals surface area contributed by atoms with Crippen LogP contribution in [0.3, 0.4) is 0 Å². The maximum absolute atomic E-state index is 10.6. The molecule has 3 heteroatoms. The minimum Gasteiger partial charge on any atom is -0.295 e. The molecule has 1 aromatic heterocycles. The van der Waals surface area contributed by atoms with Crippen LogP contribution in [0.25, 0.3) is 0 Å². The lowest BCUT2D eigenvalue weighted by molar-refractivity contribution is 0.101. The molecule has 0 aliphatic heterocycles. The molecule has 2 nitrogen and oxygen atoms in total. The first-order valence-corrected chi connectivity index (χ1v) is 6.45. The molecule has 0 saturated carbocycles. The van der Waals surface area contributed by atoms with E-state index in [1.165, 1.54) is 13.3 Å². The third-order valence-corrected chi connectivity index (χ3v) is 3.42. The summed E-state index contributed by atoms with van der Waals surface area (Å²) in [4.78, 5) is 15.1. The molecule has 0 N–H and O–H groups in total. The maximum Gasteiger partial charge on any atom is 0.159 e. The number of hydrogen-bond donors (Lipinski definition) is 0. The van der Waals surface area contributed by atoms with Crippen LogP contribution in [0, 0.1) is 5.92 Å². The van der Waals surface area contributed by atoms with Gasteiger partial charge < -0.3 is 0 Å². The van der Waals surface area contributed by atoms with E-state index in [4.69, 9.17) is 0 Å². The van der Waals surface area contributed by atoms with Gasteiger partial charge in [0.15, 0.2) is 5.78 Å². The van der Waals surface area contributed by atoms with Gasteiger partial charge in [-0.3, -0.25) is 9.78 Å². The normalized spacial score (nSPS) is 13.3. The standard InChI is InChI=1S/C7H7NO.C6H13Br/c1-6(9)7-2-4-8-5-3-7;1-4-5(2)6(3)7/h2-5H,1H3;5-6H,4H2,1-3H3. The Morgan fingerprint density at radius 1 is 1.38 bits per heavy atom. The molecule has 0 amide bonds. The molecule has 16 heavy (non-hydrogen) atoms. The van der Waals surface area contributed by atoms with Crippen molar-refractivity contribution in [2.24, 2.45) is 5.92 Å². The highest BCUT2D eigenvalue weighted by Crippen LogP contribution is 2.13. The highest BCUT2D eigenvalue weighted by Gasteiger charge is 2.03. The second kappa shape index (κ2) is 8.45. The number of hydrogen-bond acceptors (Lipinski definition) is 2. The number of carbonyl (C=O) groups is 1. The van der Waals surface area contributed by atoms with E-state index in [9.17, 15) is 4.79 Å². The van der Waals surface area contributed by atoms with Gasteiger partial charge in [-0.15, -0.1) is 0 Å². The summed E-state index contributed by atoms with van der Waals surface area (Å²) in [6.07, 6.45) is 4.49. The molecule has 0 radical (unpaired) electrons. The summed E-state index contributed by atoms with van der Waals surface area (Å²) in [5.74, 6) is 0.900. The molecule has 0 fully saturated rings. The lowest BCUT2D eigenvalue weighted by atomic mass is 10.1. The summed E-state index contributed by atoms with van der Waals surface area (Å²) < 4.78 is 0. The average molecular weight is 286 g/mol. The van der Waals surface area contributed by atoms with Crippen LogP contribution in [0.1, 0.15) is 44.5 Å². The van der Waals surface area contributed by atoms with E-state index in [-0.39, 0.29) is 5.78 Å². The number of rotatable bonds is 3. The fourth-order valence-electron chi connectivity index (χ4n) is 0.911. The van der Waals surface area contributed by atoms with E-state index < -0.39 is 0 Å². The van der Waals surface area contributed by atoms with Crippen molar-refractivity contribution in [3.8, 4) is 0 Å². The number of halogens is 1. The first-order valence-electron chi connectivity index (χ1n) is 5.54. The number of aromatic nitrogens is 1. The van der Waals surface area contributed by atoms with Crippen molar-refractivity contribution >= 4 is 21.7 Å². The molecule has 1 rings (SSSR count). The molecule has 2 unspecified atom stereocenters. The molecule has 1 aromatic rings. The molecule has 0 aromatic carbocycles. The highest BCUT2D eigenvalue weighted by molar-refractivity contribution is 9.09. The van der Waals surface area contributed by atoms with Gasteiger partial charge in [0.1, 0.15) is 0 Å². The predicted molar refractivity (Wildman–Crippen MR) is 72.1 cm³/mol. The minimum absolute atomic E-state index is 0.0809. The third kappa shape index (κ3) is 6.72. The summed E-state index contributed by atoms with van der Waals surface area (Å²) in [6, 6.07) is 3.39. The number of Topliss-reactive ketones (excluding diaryl/α,β-unsaturated/α-hetero) is 1. The first kappa shape index (κ1) is 15.3. The molecule has 2 atom stereocenters. The van der Waals surface area contributed by atoms with E-state index in [1.54, 1.807) is 24.5 Å². The fraction of sp³-hybridized carbons (Fsp3) is 0.538. The van der Waals surface area contributed by atoms with Crippen LogP contribution in [0.2, 0.25) is 0 Å². The lowest BCUT2D eigenvalue weighted by Gasteiger charge is -2.08. The zero-order chi connectivity index (χ0) is 12.6. The van der Waals surface area contributed by atoms with Crippen molar-refractivity contribution in [3.05, 3.63) is 30.1 Å². The SMILES string of the molecule is CC(=O)c1ccncc1.CCC(C)C(C)Br. The number of alkyl halides is 1. The second-order valence-corrected chi connectivity index (χ2v) is 5.30. The van der Waals surface area contributed by atoms with E-state index in [0.29, 0.717) is 10.4 Å². The zero-order valence-electron chi connectivity index (χ0n) is 10.4. The van der Waals surface area contributed by atoms with E-state index >= 15 is 0 Å². The Hall–Kier alpha value is -0.700. The van der Waals surface area contributed by atoms with Crippen LogP contribution in [-0.4, -0.2) is 15.6 Å². The quantitative estimate of drug-likeness (QED) is 0.618. The molecule has 1 heterocycles. The number of carbonyl (C=O) groups excluding carboxylic acids is 1. The average Bonchev–Trinajstić information content (AvgIpc) is 2.29. The summed E-state index contributed by atoms with van der Waals surface area (Å²) in [6.45, 7) is 8.19. The van der Waals surface area contributed by atoms with Crippen molar-refractivity contribution in [1.29, 1.82) is 0 Å². The third-order valence-electron chi connectivity index (χ3n) is 2.51. The van der Waals surface area contributed by atoms with Crippen LogP contribution in [0.4, 0.5) is 0 Å². The van der Waals surface area contributed by atoms with Gasteiger partial charge >= 0.3 is 0 Å². The zero-order valence-corrected chi connectivity index (χ0v) is 12.0. The largest absolute Gasteiger partial charge is 0.295 e. The van der Waals surface area contributed by atoms with Gasteiger partial charge in [-0.1, -0.05) is 43.1 Å². The Balaban J connectivity index is 0.000000293. The van der Waals surface area contributed by atoms with Crippen LogP contribution in [-0.2, 0) is 0 Å². The molecule has 0 spiro atoms. The molecular formula is C13H20BrNO. The molecular weight excluding hydrogens is 266 g/mol. The van der Waals surface area contributed by atoms with Crippen LogP contribution in [0.5, 0.6) is 0 Å². The predicted octanol–water partition coefficient (Wildman–Crippen LogP) is 4.10. The van der Waals surface area contributed by atoms with Gasteiger partial charge in [0.2, 0.25) is 0 Å². The van der Waals surface area contributed by atoms with Gasteiger partial charge in [0, 0.05) is 22.8 Å². The summed E-state index contributed by atoms with van der Waals surface area (Å²) >= 11 is 3.50. The first-order chi connectivity index (χ1) is 7.49. The summed E-state index contributed by atoms with van der Waals surface area (Å²) in [5.41, 5.74) is 0.713. The van der Waals surface area contributed by atoms with E-state index in [2.05, 4.69) is 41.7 Å². The van der Waals surface area contributed by atoms with Gasteiger partial charge in [-0.2, -0.15) is 0 Å². The molecule has 90 valence electrons. The molecule has 0 aliphatic rings. The Morgan fingerprint density at radius 2 is 1.88 bits per heavy atom. The molecule has 0 aliphatic carbocycles. The lowest BCUT2D eigenvalue weighted by Crippen LogP contribution is -2.03. The Kier molecular flexibility index (Phi) is 8.08. The Labute approximate surface area is 107 Å². The van der Waals surface area contributed by atoms with Crippen molar-refractivity contribution < 1.29 is 4.79 Å². The van der Waals surface area contributed by atoms with E-state index in [1.807, 2.05) is 0 Å². The number of nitrogens with zero attached hydrogens (tertiary/aromatic N) is 1. The van der Waals surface area contributed by atoms with Gasteiger partial charge in [0.25, 0.3) is 0 Å². The molecule has 0 bridgehead atoms. The van der Waals surface area contributed by atoms with Crippen molar-refractivity contribution in [2.45, 2.75) is 38.9 Å². The summed E-state index contributed by atoms with van der Waals surface area (Å²) in [5, 5.41) is 0. The van der Waals surface area contributed by atoms with Gasteiger partial charge in [0.05, 0.1) is 0 Å². The van der Waals surface area contributed by atoms with Crippen LogP contribution >= 0.6 is 15.9 Å². The van der Waals surface area contributed by atoms with Crippen LogP contribution in [0.15, 0.2) is 24.5 Å². The highest BCUT2D eigenvalue weighted by atomic mass is 79.9. The Morgan fingerprint density at radius 3 is 2.06 bits per heavy atom. The summed E-state index contributed by atoms with van der Waals surface area (Å²) in [7, 11) is 0. The van der Waals surface area contributed by atoms with E-state index in [0.717, 1.165) is 5.92 Å². The van der Waals surface area contributed by atoms with Crippen molar-refractivity contribution in [3.63, 3.8) is 0 Å². The monoisotopic (exact) mass is 285 g/mol. The van der Waals surface area contributed by atoms with Crippen molar-refractivity contribution in [2.75, 3.05) is 0 Å². The molecule has 0 saturated heterocycles. The van der Waals surface area contributed by atoms with Gasteiger partial charge in [-0.25, -0.2) is 0 Å². The smallest absolute Gasteiger partial charge is 0.159 e. The van der Waals surface area contributed by atoms with Gasteiger partial charge in [-0.05, 0) is 25.0 Å². The number of ketones is 1. The topological polar surface area (TPSA) is 30.0 Å². The fourth-order valence-corrected chi connectivity index (χ4v) is 1.29.